The maximum atomic E-state index is 11.4. The lowest BCUT2D eigenvalue weighted by Gasteiger charge is -2.09. The highest BCUT2D eigenvalue weighted by atomic mass is 16.6. The van der Waals surface area contributed by atoms with Crippen molar-refractivity contribution in [2.75, 3.05) is 18.4 Å². The minimum absolute atomic E-state index is 0.0917. The fraction of sp³-hybridized carbons (Fsp3) is 0.286. The third kappa shape index (κ3) is 3.44. The van der Waals surface area contributed by atoms with E-state index in [1.165, 1.54) is 6.20 Å². The standard InChI is InChI=1S/C14H16N4O3/c1-2-15-13(19)7-8-16-14-10-5-3-4-6-11(10)17-9-12(14)18(20)21/h3-6,9H,2,7-8H2,1H3,(H,15,19)(H,16,17). The molecule has 1 amide bonds. The summed E-state index contributed by atoms with van der Waals surface area (Å²) in [5, 5.41) is 17.4. The number of hydrogen-bond donors (Lipinski definition) is 2. The summed E-state index contributed by atoms with van der Waals surface area (Å²) in [6.45, 7) is 2.73. The number of nitrogens with zero attached hydrogens (tertiary/aromatic N) is 2. The lowest BCUT2D eigenvalue weighted by atomic mass is 10.1. The second-order valence-electron chi connectivity index (χ2n) is 4.42. The van der Waals surface area contributed by atoms with E-state index in [1.807, 2.05) is 13.0 Å². The third-order valence-corrected chi connectivity index (χ3v) is 2.98. The predicted octanol–water partition coefficient (Wildman–Crippen LogP) is 2.08. The number of carbonyl (C=O) groups is 1. The van der Waals surface area contributed by atoms with Crippen molar-refractivity contribution >= 4 is 28.2 Å². The Morgan fingerprint density at radius 1 is 1.38 bits per heavy atom. The minimum Gasteiger partial charge on any atom is -0.378 e. The first kappa shape index (κ1) is 14.7. The van der Waals surface area contributed by atoms with E-state index in [-0.39, 0.29) is 18.0 Å². The van der Waals surface area contributed by atoms with Gasteiger partial charge in [0.25, 0.3) is 0 Å². The highest BCUT2D eigenvalue weighted by Crippen LogP contribution is 2.31. The summed E-state index contributed by atoms with van der Waals surface area (Å²) >= 11 is 0. The van der Waals surface area contributed by atoms with E-state index in [1.54, 1.807) is 18.2 Å². The van der Waals surface area contributed by atoms with Gasteiger partial charge in [0, 0.05) is 24.9 Å². The van der Waals surface area contributed by atoms with E-state index >= 15 is 0 Å². The van der Waals surface area contributed by atoms with Gasteiger partial charge in [0.1, 0.15) is 11.9 Å². The lowest BCUT2D eigenvalue weighted by Crippen LogP contribution is -2.24. The number of anilines is 1. The Bertz CT molecular complexity index is 672. The van der Waals surface area contributed by atoms with Gasteiger partial charge < -0.3 is 10.6 Å². The molecule has 0 unspecified atom stereocenters. The van der Waals surface area contributed by atoms with Gasteiger partial charge in [-0.3, -0.25) is 14.9 Å². The van der Waals surface area contributed by atoms with Crippen LogP contribution in [0.1, 0.15) is 13.3 Å². The zero-order valence-electron chi connectivity index (χ0n) is 11.6. The van der Waals surface area contributed by atoms with Crippen molar-refractivity contribution in [2.45, 2.75) is 13.3 Å². The molecule has 1 heterocycles. The highest BCUT2D eigenvalue weighted by molar-refractivity contribution is 5.95. The van der Waals surface area contributed by atoms with Gasteiger partial charge in [0.05, 0.1) is 10.4 Å². The Hall–Kier alpha value is -2.70. The number of amides is 1. The summed E-state index contributed by atoms with van der Waals surface area (Å²) in [5.41, 5.74) is 0.975. The largest absolute Gasteiger partial charge is 0.378 e. The SMILES string of the molecule is CCNC(=O)CCNc1c([N+](=O)[O-])cnc2ccccc12. The van der Waals surface area contributed by atoms with Crippen molar-refractivity contribution in [1.29, 1.82) is 0 Å². The molecule has 0 saturated heterocycles. The summed E-state index contributed by atoms with van der Waals surface area (Å²) in [6.07, 6.45) is 1.48. The summed E-state index contributed by atoms with van der Waals surface area (Å²) in [4.78, 5) is 26.1. The second-order valence-corrected chi connectivity index (χ2v) is 4.42. The Kier molecular flexibility index (Phi) is 4.65. The molecule has 2 aromatic rings. The zero-order valence-corrected chi connectivity index (χ0v) is 11.6. The van der Waals surface area contributed by atoms with Crippen molar-refractivity contribution in [3.05, 3.63) is 40.6 Å². The molecule has 0 spiro atoms. The van der Waals surface area contributed by atoms with Crippen LogP contribution in [0.4, 0.5) is 11.4 Å². The predicted molar refractivity (Wildman–Crippen MR) is 80.2 cm³/mol. The van der Waals surface area contributed by atoms with E-state index < -0.39 is 4.92 Å². The molecule has 0 radical (unpaired) electrons. The molecule has 0 aliphatic carbocycles. The van der Waals surface area contributed by atoms with Crippen LogP contribution in [0.5, 0.6) is 0 Å². The number of carbonyl (C=O) groups excluding carboxylic acids is 1. The summed E-state index contributed by atoms with van der Waals surface area (Å²) in [7, 11) is 0. The molecule has 0 fully saturated rings. The smallest absolute Gasteiger partial charge is 0.311 e. The molecule has 0 atom stereocenters. The number of nitrogens with one attached hydrogen (secondary N) is 2. The number of benzene rings is 1. The number of para-hydroxylation sites is 1. The van der Waals surface area contributed by atoms with Crippen LogP contribution in [0.2, 0.25) is 0 Å². The van der Waals surface area contributed by atoms with Crippen molar-refractivity contribution in [1.82, 2.24) is 10.3 Å². The molecule has 1 aromatic heterocycles. The lowest BCUT2D eigenvalue weighted by molar-refractivity contribution is -0.384. The number of hydrogen-bond acceptors (Lipinski definition) is 5. The minimum atomic E-state index is -0.478. The van der Waals surface area contributed by atoms with Gasteiger partial charge in [-0.2, -0.15) is 0 Å². The first-order chi connectivity index (χ1) is 10.1. The van der Waals surface area contributed by atoms with Crippen molar-refractivity contribution in [3.8, 4) is 0 Å². The molecule has 110 valence electrons. The van der Waals surface area contributed by atoms with E-state index in [2.05, 4.69) is 15.6 Å². The van der Waals surface area contributed by atoms with Crippen LogP contribution < -0.4 is 10.6 Å². The first-order valence-electron chi connectivity index (χ1n) is 6.66. The van der Waals surface area contributed by atoms with Gasteiger partial charge in [0.2, 0.25) is 5.91 Å². The number of nitro groups is 1. The number of fused-ring (bicyclic) bond motifs is 1. The Morgan fingerprint density at radius 3 is 2.86 bits per heavy atom. The van der Waals surface area contributed by atoms with Crippen LogP contribution in [0.15, 0.2) is 30.5 Å². The Morgan fingerprint density at radius 2 is 2.14 bits per heavy atom. The van der Waals surface area contributed by atoms with Crippen LogP contribution in [0, 0.1) is 10.1 Å². The Balaban J connectivity index is 2.25. The molecule has 0 aliphatic rings. The van der Waals surface area contributed by atoms with Crippen LogP contribution >= 0.6 is 0 Å². The maximum absolute atomic E-state index is 11.4. The molecule has 0 saturated carbocycles. The van der Waals surface area contributed by atoms with E-state index in [9.17, 15) is 14.9 Å². The molecule has 2 N–H and O–H groups in total. The average molecular weight is 288 g/mol. The number of rotatable bonds is 6. The van der Waals surface area contributed by atoms with Crippen LogP contribution in [0.25, 0.3) is 10.9 Å². The zero-order chi connectivity index (χ0) is 15.2. The fourth-order valence-corrected chi connectivity index (χ4v) is 2.04. The van der Waals surface area contributed by atoms with Gasteiger partial charge in [0.15, 0.2) is 0 Å². The van der Waals surface area contributed by atoms with E-state index in [4.69, 9.17) is 0 Å². The van der Waals surface area contributed by atoms with Gasteiger partial charge in [-0.1, -0.05) is 18.2 Å². The summed E-state index contributed by atoms with van der Waals surface area (Å²) < 4.78 is 0. The van der Waals surface area contributed by atoms with E-state index in [0.717, 1.165) is 0 Å². The normalized spacial score (nSPS) is 10.3. The van der Waals surface area contributed by atoms with Crippen molar-refractivity contribution in [3.63, 3.8) is 0 Å². The van der Waals surface area contributed by atoms with Gasteiger partial charge >= 0.3 is 5.69 Å². The molecule has 0 bridgehead atoms. The Labute approximate surface area is 121 Å². The quantitative estimate of drug-likeness (QED) is 0.626. The molecular formula is C14H16N4O3. The van der Waals surface area contributed by atoms with Gasteiger partial charge in [-0.15, -0.1) is 0 Å². The summed E-state index contributed by atoms with van der Waals surface area (Å²) in [6, 6.07) is 7.17. The van der Waals surface area contributed by atoms with Crippen molar-refractivity contribution < 1.29 is 9.72 Å². The molecule has 7 heteroatoms. The van der Waals surface area contributed by atoms with E-state index in [0.29, 0.717) is 29.7 Å². The average Bonchev–Trinajstić information content (AvgIpc) is 2.47. The second kappa shape index (κ2) is 6.65. The molecule has 2 rings (SSSR count). The topological polar surface area (TPSA) is 97.2 Å². The van der Waals surface area contributed by atoms with Gasteiger partial charge in [-0.25, -0.2) is 4.98 Å². The molecule has 7 nitrogen and oxygen atoms in total. The molecule has 0 aliphatic heterocycles. The maximum Gasteiger partial charge on any atom is 0.311 e. The third-order valence-electron chi connectivity index (χ3n) is 2.98. The number of aromatic nitrogens is 1. The molecule has 1 aromatic carbocycles. The molecular weight excluding hydrogens is 272 g/mol. The monoisotopic (exact) mass is 288 g/mol. The summed E-state index contributed by atoms with van der Waals surface area (Å²) in [5.74, 6) is -0.0917. The van der Waals surface area contributed by atoms with Crippen LogP contribution in [-0.4, -0.2) is 28.9 Å². The first-order valence-corrected chi connectivity index (χ1v) is 6.66. The number of pyridine rings is 1. The highest BCUT2D eigenvalue weighted by Gasteiger charge is 2.17. The van der Waals surface area contributed by atoms with Crippen LogP contribution in [0.3, 0.4) is 0 Å². The van der Waals surface area contributed by atoms with Crippen molar-refractivity contribution in [2.24, 2.45) is 0 Å². The van der Waals surface area contributed by atoms with Gasteiger partial charge in [-0.05, 0) is 13.0 Å². The van der Waals surface area contributed by atoms with Crippen LogP contribution in [-0.2, 0) is 4.79 Å². The molecule has 21 heavy (non-hydrogen) atoms. The fourth-order valence-electron chi connectivity index (χ4n) is 2.04.